The van der Waals surface area contributed by atoms with Crippen LogP contribution in [0.4, 0.5) is 5.95 Å². The van der Waals surface area contributed by atoms with Gasteiger partial charge in [-0.25, -0.2) is 9.97 Å². The summed E-state index contributed by atoms with van der Waals surface area (Å²) in [6, 6.07) is 0.852. The minimum atomic E-state index is 0.240. The smallest absolute Gasteiger partial charge is 0.225 e. The van der Waals surface area contributed by atoms with E-state index in [-0.39, 0.29) is 6.10 Å². The van der Waals surface area contributed by atoms with Gasteiger partial charge in [-0.05, 0) is 13.3 Å². The maximum Gasteiger partial charge on any atom is 0.225 e. The van der Waals surface area contributed by atoms with Crippen LogP contribution in [-0.2, 0) is 11.3 Å². The van der Waals surface area contributed by atoms with Crippen molar-refractivity contribution in [2.45, 2.75) is 58.8 Å². The van der Waals surface area contributed by atoms with E-state index in [0.717, 1.165) is 37.6 Å². The Balaban J connectivity index is 2.03. The van der Waals surface area contributed by atoms with Crippen LogP contribution in [0.1, 0.15) is 39.7 Å². The molecule has 1 aromatic rings. The number of rotatable bonds is 5. The van der Waals surface area contributed by atoms with Crippen LogP contribution in [0.5, 0.6) is 0 Å². The van der Waals surface area contributed by atoms with E-state index in [2.05, 4.69) is 47.9 Å². The predicted octanol–water partition coefficient (Wildman–Crippen LogP) is 1.98. The Morgan fingerprint density at radius 1 is 1.40 bits per heavy atom. The standard InChI is InChI=1S/C15H26N4O/c1-5-14-10-20-12(4)9-19(14)15-17-7-13(8-18-15)6-16-11(2)3/h7-8,11-12,14,16H,5-6,9-10H2,1-4H3. The molecule has 0 amide bonds. The SMILES string of the molecule is CCC1COC(C)CN1c1ncc(CNC(C)C)cn1. The fourth-order valence-electron chi connectivity index (χ4n) is 2.34. The molecule has 0 bridgehead atoms. The van der Waals surface area contributed by atoms with Crippen molar-refractivity contribution in [3.63, 3.8) is 0 Å². The summed E-state index contributed by atoms with van der Waals surface area (Å²) in [7, 11) is 0. The van der Waals surface area contributed by atoms with Crippen molar-refractivity contribution in [1.29, 1.82) is 0 Å². The van der Waals surface area contributed by atoms with Crippen LogP contribution in [0, 0.1) is 0 Å². The van der Waals surface area contributed by atoms with E-state index >= 15 is 0 Å². The molecule has 2 rings (SSSR count). The highest BCUT2D eigenvalue weighted by Crippen LogP contribution is 2.19. The molecule has 2 atom stereocenters. The van der Waals surface area contributed by atoms with Gasteiger partial charge in [-0.3, -0.25) is 0 Å². The highest BCUT2D eigenvalue weighted by molar-refractivity contribution is 5.33. The summed E-state index contributed by atoms with van der Waals surface area (Å²) < 4.78 is 5.71. The molecule has 1 saturated heterocycles. The van der Waals surface area contributed by atoms with E-state index in [1.165, 1.54) is 0 Å². The first kappa shape index (κ1) is 15.2. The zero-order valence-corrected chi connectivity index (χ0v) is 13.0. The van der Waals surface area contributed by atoms with Gasteiger partial charge in [0.15, 0.2) is 0 Å². The molecule has 0 aromatic carbocycles. The quantitative estimate of drug-likeness (QED) is 0.892. The zero-order valence-electron chi connectivity index (χ0n) is 13.0. The third-order valence-corrected chi connectivity index (χ3v) is 3.60. The first-order valence-corrected chi connectivity index (χ1v) is 7.52. The highest BCUT2D eigenvalue weighted by atomic mass is 16.5. The minimum absolute atomic E-state index is 0.240. The van der Waals surface area contributed by atoms with E-state index in [1.54, 1.807) is 0 Å². The normalized spacial score (nSPS) is 23.4. The van der Waals surface area contributed by atoms with Crippen LogP contribution in [0.15, 0.2) is 12.4 Å². The molecule has 0 spiro atoms. The summed E-state index contributed by atoms with van der Waals surface area (Å²) in [5.41, 5.74) is 1.12. The molecular weight excluding hydrogens is 252 g/mol. The summed E-state index contributed by atoms with van der Waals surface area (Å²) in [5.74, 6) is 0.820. The molecule has 2 heterocycles. The van der Waals surface area contributed by atoms with Gasteiger partial charge in [-0.2, -0.15) is 0 Å². The van der Waals surface area contributed by atoms with Gasteiger partial charge < -0.3 is 15.0 Å². The van der Waals surface area contributed by atoms with Crippen molar-refractivity contribution in [2.75, 3.05) is 18.1 Å². The molecule has 0 aliphatic carbocycles. The lowest BCUT2D eigenvalue weighted by atomic mass is 10.1. The number of nitrogens with zero attached hydrogens (tertiary/aromatic N) is 3. The number of hydrogen-bond donors (Lipinski definition) is 1. The Hall–Kier alpha value is -1.20. The Bertz CT molecular complexity index is 407. The van der Waals surface area contributed by atoms with Gasteiger partial charge >= 0.3 is 0 Å². The molecule has 1 aliphatic heterocycles. The van der Waals surface area contributed by atoms with Crippen LogP contribution >= 0.6 is 0 Å². The fourth-order valence-corrected chi connectivity index (χ4v) is 2.34. The molecule has 20 heavy (non-hydrogen) atoms. The van der Waals surface area contributed by atoms with E-state index in [4.69, 9.17) is 4.74 Å². The van der Waals surface area contributed by atoms with Crippen molar-refractivity contribution in [3.8, 4) is 0 Å². The molecule has 1 fully saturated rings. The molecule has 1 aromatic heterocycles. The van der Waals surface area contributed by atoms with E-state index < -0.39 is 0 Å². The lowest BCUT2D eigenvalue weighted by molar-refractivity contribution is 0.0292. The number of nitrogens with one attached hydrogen (secondary N) is 1. The van der Waals surface area contributed by atoms with Crippen molar-refractivity contribution in [1.82, 2.24) is 15.3 Å². The Morgan fingerprint density at radius 2 is 2.10 bits per heavy atom. The van der Waals surface area contributed by atoms with Crippen LogP contribution in [-0.4, -0.2) is 41.3 Å². The number of anilines is 1. The van der Waals surface area contributed by atoms with Gasteiger partial charge in [0.2, 0.25) is 5.95 Å². The minimum Gasteiger partial charge on any atom is -0.375 e. The lowest BCUT2D eigenvalue weighted by Gasteiger charge is -2.38. The van der Waals surface area contributed by atoms with Crippen molar-refractivity contribution in [3.05, 3.63) is 18.0 Å². The summed E-state index contributed by atoms with van der Waals surface area (Å²) in [6.45, 7) is 11.0. The average molecular weight is 278 g/mol. The molecule has 1 aliphatic rings. The number of aromatic nitrogens is 2. The van der Waals surface area contributed by atoms with Gasteiger partial charge in [0.1, 0.15) is 0 Å². The van der Waals surface area contributed by atoms with Crippen molar-refractivity contribution in [2.24, 2.45) is 0 Å². The highest BCUT2D eigenvalue weighted by Gasteiger charge is 2.27. The van der Waals surface area contributed by atoms with E-state index in [0.29, 0.717) is 12.1 Å². The van der Waals surface area contributed by atoms with Gasteiger partial charge in [0.05, 0.1) is 18.8 Å². The average Bonchev–Trinajstić information content (AvgIpc) is 2.45. The van der Waals surface area contributed by atoms with E-state index in [1.807, 2.05) is 12.4 Å². The summed E-state index contributed by atoms with van der Waals surface area (Å²) >= 11 is 0. The molecule has 0 saturated carbocycles. The Labute approximate surface area is 121 Å². The topological polar surface area (TPSA) is 50.3 Å². The second-order valence-electron chi connectivity index (χ2n) is 5.79. The summed E-state index contributed by atoms with van der Waals surface area (Å²) in [4.78, 5) is 11.3. The van der Waals surface area contributed by atoms with Crippen molar-refractivity contribution >= 4 is 5.95 Å². The lowest BCUT2D eigenvalue weighted by Crippen LogP contribution is -2.49. The maximum absolute atomic E-state index is 5.71. The molecule has 0 radical (unpaired) electrons. The van der Waals surface area contributed by atoms with Crippen LogP contribution < -0.4 is 10.2 Å². The third kappa shape index (κ3) is 3.90. The van der Waals surface area contributed by atoms with Crippen molar-refractivity contribution < 1.29 is 4.74 Å². The van der Waals surface area contributed by atoms with Gasteiger partial charge in [-0.1, -0.05) is 20.8 Å². The molecule has 2 unspecified atom stereocenters. The second kappa shape index (κ2) is 6.99. The van der Waals surface area contributed by atoms with E-state index in [9.17, 15) is 0 Å². The number of morpholine rings is 1. The second-order valence-corrected chi connectivity index (χ2v) is 5.79. The predicted molar refractivity (Wildman–Crippen MR) is 80.8 cm³/mol. The molecule has 1 N–H and O–H groups in total. The zero-order chi connectivity index (χ0) is 14.5. The van der Waals surface area contributed by atoms with Gasteiger partial charge in [-0.15, -0.1) is 0 Å². The molecule has 5 nitrogen and oxygen atoms in total. The first-order chi connectivity index (χ1) is 9.60. The molecule has 112 valence electrons. The maximum atomic E-state index is 5.71. The van der Waals surface area contributed by atoms with Gasteiger partial charge in [0.25, 0.3) is 0 Å². The monoisotopic (exact) mass is 278 g/mol. The Morgan fingerprint density at radius 3 is 2.70 bits per heavy atom. The molecule has 5 heteroatoms. The third-order valence-electron chi connectivity index (χ3n) is 3.60. The fraction of sp³-hybridized carbons (Fsp3) is 0.733. The summed E-state index contributed by atoms with van der Waals surface area (Å²) in [5, 5.41) is 3.37. The van der Waals surface area contributed by atoms with Gasteiger partial charge in [0, 0.05) is 37.1 Å². The first-order valence-electron chi connectivity index (χ1n) is 7.52. The largest absolute Gasteiger partial charge is 0.375 e. The van der Waals surface area contributed by atoms with Crippen LogP contribution in [0.25, 0.3) is 0 Å². The van der Waals surface area contributed by atoms with Crippen LogP contribution in [0.3, 0.4) is 0 Å². The van der Waals surface area contributed by atoms with Crippen LogP contribution in [0.2, 0.25) is 0 Å². The number of hydrogen-bond acceptors (Lipinski definition) is 5. The summed E-state index contributed by atoms with van der Waals surface area (Å²) in [6.07, 6.45) is 5.13. The molecular formula is C15H26N4O. The Kier molecular flexibility index (Phi) is 5.31. The number of ether oxygens (including phenoxy) is 1.